The molecule has 6 nitrogen and oxygen atoms in total. The van der Waals surface area contributed by atoms with Gasteiger partial charge in [-0.1, -0.05) is 23.5 Å². The van der Waals surface area contributed by atoms with Crippen LogP contribution >= 0.6 is 11.3 Å². The van der Waals surface area contributed by atoms with E-state index in [1.165, 1.54) is 16.2 Å². The zero-order valence-electron chi connectivity index (χ0n) is 13.3. The lowest BCUT2D eigenvalue weighted by molar-refractivity contribution is -0.114. The van der Waals surface area contributed by atoms with E-state index >= 15 is 0 Å². The second-order valence-electron chi connectivity index (χ2n) is 5.33. The largest absolute Gasteiger partial charge is 0.301 e. The number of aryl methyl sites for hydroxylation is 2. The summed E-state index contributed by atoms with van der Waals surface area (Å²) in [6.07, 6.45) is 0. The Bertz CT molecular complexity index is 892. The first-order valence-electron chi connectivity index (χ1n) is 7.08. The third-order valence-electron chi connectivity index (χ3n) is 3.80. The number of para-hydroxylation sites is 1. The van der Waals surface area contributed by atoms with Crippen molar-refractivity contribution in [2.75, 3.05) is 11.9 Å². The van der Waals surface area contributed by atoms with Crippen molar-refractivity contribution in [3.05, 3.63) is 41.2 Å². The maximum atomic E-state index is 12.6. The highest BCUT2D eigenvalue weighted by Crippen LogP contribution is 2.28. The zero-order chi connectivity index (χ0) is 16.7. The summed E-state index contributed by atoms with van der Waals surface area (Å²) in [4.78, 5) is 30.8. The molecule has 0 aliphatic carbocycles. The first-order chi connectivity index (χ1) is 10.9. The number of likely N-dealkylation sites (N-methyl/N-ethyl adjacent to an activating group) is 1. The minimum atomic E-state index is -0.608. The number of rotatable bonds is 3. The van der Waals surface area contributed by atoms with Crippen molar-refractivity contribution in [3.63, 3.8) is 0 Å². The van der Waals surface area contributed by atoms with Gasteiger partial charge in [0.05, 0.1) is 21.5 Å². The average molecular weight is 328 g/mol. The van der Waals surface area contributed by atoms with Gasteiger partial charge in [-0.3, -0.25) is 19.2 Å². The molecule has 1 aromatic carbocycles. The molecule has 0 aliphatic heterocycles. The first kappa shape index (κ1) is 15.4. The highest BCUT2D eigenvalue weighted by Gasteiger charge is 2.28. The summed E-state index contributed by atoms with van der Waals surface area (Å²) >= 11 is 1.38. The van der Waals surface area contributed by atoms with Crippen LogP contribution < -0.4 is 4.90 Å². The van der Waals surface area contributed by atoms with E-state index in [9.17, 15) is 9.59 Å². The van der Waals surface area contributed by atoms with Crippen LogP contribution in [0.15, 0.2) is 24.3 Å². The molecule has 0 atom stereocenters. The van der Waals surface area contributed by atoms with Crippen LogP contribution in [-0.4, -0.2) is 33.5 Å². The molecule has 0 aliphatic rings. The Morgan fingerprint density at radius 3 is 2.52 bits per heavy atom. The Morgan fingerprint density at radius 2 is 1.91 bits per heavy atom. The van der Waals surface area contributed by atoms with Gasteiger partial charge in [0.2, 0.25) is 0 Å². The topological polar surface area (TPSA) is 68.1 Å². The molecule has 0 bridgehead atoms. The van der Waals surface area contributed by atoms with Crippen LogP contribution in [0.2, 0.25) is 0 Å². The van der Waals surface area contributed by atoms with Crippen LogP contribution in [0, 0.1) is 13.8 Å². The first-order valence-corrected chi connectivity index (χ1v) is 7.90. The second kappa shape index (κ2) is 5.58. The maximum absolute atomic E-state index is 12.6. The van der Waals surface area contributed by atoms with Crippen LogP contribution in [0.3, 0.4) is 0 Å². The van der Waals surface area contributed by atoms with E-state index in [0.29, 0.717) is 22.1 Å². The molecule has 118 valence electrons. The van der Waals surface area contributed by atoms with Crippen LogP contribution in [0.5, 0.6) is 0 Å². The van der Waals surface area contributed by atoms with E-state index in [1.807, 2.05) is 24.3 Å². The number of hydrogen-bond donors (Lipinski definition) is 0. The molecule has 23 heavy (non-hydrogen) atoms. The fourth-order valence-corrected chi connectivity index (χ4v) is 3.38. The Balaban J connectivity index is 1.94. The fourth-order valence-electron chi connectivity index (χ4n) is 2.45. The summed E-state index contributed by atoms with van der Waals surface area (Å²) < 4.78 is 2.58. The van der Waals surface area contributed by atoms with E-state index in [2.05, 4.69) is 10.1 Å². The van der Waals surface area contributed by atoms with Gasteiger partial charge in [-0.15, -0.1) is 0 Å². The molecule has 2 aromatic heterocycles. The lowest BCUT2D eigenvalue weighted by Gasteiger charge is -2.12. The summed E-state index contributed by atoms with van der Waals surface area (Å²) in [6.45, 7) is 3.50. The number of anilines is 1. The predicted molar refractivity (Wildman–Crippen MR) is 90.0 cm³/mol. The summed E-state index contributed by atoms with van der Waals surface area (Å²) in [6, 6.07) is 7.62. The van der Waals surface area contributed by atoms with Crippen molar-refractivity contribution < 1.29 is 9.59 Å². The normalized spacial score (nSPS) is 11.0. The number of aromatic nitrogens is 3. The van der Waals surface area contributed by atoms with Gasteiger partial charge in [0.15, 0.2) is 5.13 Å². The third kappa shape index (κ3) is 2.53. The van der Waals surface area contributed by atoms with Gasteiger partial charge in [-0.2, -0.15) is 5.10 Å². The Morgan fingerprint density at radius 1 is 1.22 bits per heavy atom. The number of carbonyl (C=O) groups is 2. The SMILES string of the molecule is Cc1nn(C)c(C)c1C(=O)C(=O)N(C)c1nc2ccccc2s1. The van der Waals surface area contributed by atoms with Crippen LogP contribution in [-0.2, 0) is 11.8 Å². The van der Waals surface area contributed by atoms with Gasteiger partial charge in [-0.25, -0.2) is 4.98 Å². The molecule has 0 radical (unpaired) electrons. The quantitative estimate of drug-likeness (QED) is 0.547. The lowest BCUT2D eigenvalue weighted by Crippen LogP contribution is -2.33. The van der Waals surface area contributed by atoms with E-state index in [0.717, 1.165) is 10.2 Å². The van der Waals surface area contributed by atoms with E-state index in [1.54, 1.807) is 32.6 Å². The van der Waals surface area contributed by atoms with Crippen molar-refractivity contribution in [1.82, 2.24) is 14.8 Å². The number of fused-ring (bicyclic) bond motifs is 1. The van der Waals surface area contributed by atoms with Gasteiger partial charge in [0.1, 0.15) is 0 Å². The van der Waals surface area contributed by atoms with E-state index < -0.39 is 11.7 Å². The molecule has 0 N–H and O–H groups in total. The maximum Gasteiger partial charge on any atom is 0.301 e. The Hall–Kier alpha value is -2.54. The van der Waals surface area contributed by atoms with Crippen molar-refractivity contribution in [2.24, 2.45) is 7.05 Å². The van der Waals surface area contributed by atoms with Crippen molar-refractivity contribution >= 4 is 38.4 Å². The van der Waals surface area contributed by atoms with Crippen LogP contribution in [0.25, 0.3) is 10.2 Å². The summed E-state index contributed by atoms with van der Waals surface area (Å²) in [7, 11) is 3.32. The summed E-state index contributed by atoms with van der Waals surface area (Å²) in [5.41, 5.74) is 2.42. The number of amides is 1. The van der Waals surface area contributed by atoms with Gasteiger partial charge >= 0.3 is 5.91 Å². The van der Waals surface area contributed by atoms with Gasteiger partial charge in [0, 0.05) is 19.8 Å². The minimum Gasteiger partial charge on any atom is -0.284 e. The number of ketones is 1. The number of hydrogen-bond acceptors (Lipinski definition) is 5. The number of carbonyl (C=O) groups excluding carboxylic acids is 2. The molecule has 0 unspecified atom stereocenters. The highest BCUT2D eigenvalue weighted by molar-refractivity contribution is 7.22. The molecule has 3 rings (SSSR count). The lowest BCUT2D eigenvalue weighted by atomic mass is 10.1. The van der Waals surface area contributed by atoms with Crippen molar-refractivity contribution in [1.29, 1.82) is 0 Å². The summed E-state index contributed by atoms with van der Waals surface area (Å²) in [5, 5.41) is 4.70. The Kier molecular flexibility index (Phi) is 3.73. The zero-order valence-corrected chi connectivity index (χ0v) is 14.1. The molecule has 1 amide bonds. The standard InChI is InChI=1S/C16H16N4O2S/c1-9-13(10(2)20(4)18-9)14(21)15(22)19(3)16-17-11-7-5-6-8-12(11)23-16/h5-8H,1-4H3. The highest BCUT2D eigenvalue weighted by atomic mass is 32.1. The van der Waals surface area contributed by atoms with Crippen LogP contribution in [0.1, 0.15) is 21.7 Å². The smallest absolute Gasteiger partial charge is 0.284 e. The van der Waals surface area contributed by atoms with Gasteiger partial charge in [-0.05, 0) is 26.0 Å². The predicted octanol–water partition coefficient (Wildman–Crippen LogP) is 2.49. The van der Waals surface area contributed by atoms with Crippen molar-refractivity contribution in [2.45, 2.75) is 13.8 Å². The number of nitrogens with zero attached hydrogens (tertiary/aromatic N) is 4. The molecule has 7 heteroatoms. The number of benzene rings is 1. The third-order valence-corrected chi connectivity index (χ3v) is 4.92. The molecule has 0 saturated heterocycles. The van der Waals surface area contributed by atoms with Crippen molar-refractivity contribution in [3.8, 4) is 0 Å². The molecule has 2 heterocycles. The molecule has 0 fully saturated rings. The summed E-state index contributed by atoms with van der Waals surface area (Å²) in [5.74, 6) is -1.17. The fraction of sp³-hybridized carbons (Fsp3) is 0.250. The molecule has 0 saturated carbocycles. The molecular weight excluding hydrogens is 312 g/mol. The Labute approximate surface area is 137 Å². The van der Waals surface area contributed by atoms with E-state index in [4.69, 9.17) is 0 Å². The van der Waals surface area contributed by atoms with Gasteiger partial charge in [0.25, 0.3) is 5.78 Å². The minimum absolute atomic E-state index is 0.366. The number of Topliss-reactive ketones (excluding diaryl/α,β-unsaturated/α-hetero) is 1. The van der Waals surface area contributed by atoms with Gasteiger partial charge < -0.3 is 0 Å². The molecular formula is C16H16N4O2S. The van der Waals surface area contributed by atoms with E-state index in [-0.39, 0.29) is 0 Å². The molecule has 3 aromatic rings. The number of thiazole rings is 1. The monoisotopic (exact) mass is 328 g/mol. The second-order valence-corrected chi connectivity index (χ2v) is 6.34. The average Bonchev–Trinajstić information content (AvgIpc) is 3.06. The molecule has 0 spiro atoms. The van der Waals surface area contributed by atoms with Crippen LogP contribution in [0.4, 0.5) is 5.13 Å².